The van der Waals surface area contributed by atoms with Gasteiger partial charge in [0.15, 0.2) is 0 Å². The van der Waals surface area contributed by atoms with Crippen molar-refractivity contribution in [1.29, 1.82) is 0 Å². The molecule has 784 valence electrons. The number of hydrogen-bond donors (Lipinski definition) is 0. The van der Waals surface area contributed by atoms with Crippen LogP contribution in [0.4, 0.5) is 0 Å². The molecule has 0 N–H and O–H groups in total. The fourth-order valence-corrected chi connectivity index (χ4v) is 23.1. The van der Waals surface area contributed by atoms with Gasteiger partial charge in [0, 0.05) is 65.4 Å². The van der Waals surface area contributed by atoms with E-state index in [1.54, 1.807) is 47.9 Å². The number of ether oxygens (including phenoxy) is 4. The van der Waals surface area contributed by atoms with Crippen molar-refractivity contribution < 1.29 is 84.4 Å². The van der Waals surface area contributed by atoms with E-state index in [1.807, 2.05) is 103 Å². The second kappa shape index (κ2) is 60.7. The van der Waals surface area contributed by atoms with E-state index in [4.69, 9.17) is 18.9 Å². The minimum absolute atomic E-state index is 0. The maximum absolute atomic E-state index is 5.12. The zero-order valence-electron chi connectivity index (χ0n) is 97.6. The molecule has 5 aliphatic carbocycles. The number of fused-ring (bicyclic) bond motifs is 12. The summed E-state index contributed by atoms with van der Waals surface area (Å²) in [7, 11) is 6.62. The first-order chi connectivity index (χ1) is 70.3. The first kappa shape index (κ1) is 125. The van der Waals surface area contributed by atoms with Crippen LogP contribution in [0.25, 0.3) is 54.2 Å². The molecular formula is C143H178O4Y2-4. The van der Waals surface area contributed by atoms with E-state index in [1.165, 1.54) is 286 Å². The van der Waals surface area contributed by atoms with Gasteiger partial charge in [-0.15, -0.1) is 0 Å². The van der Waals surface area contributed by atoms with Crippen molar-refractivity contribution in [3.05, 3.63) is 383 Å². The number of aryl methyl sites for hydroxylation is 14. The van der Waals surface area contributed by atoms with E-state index >= 15 is 0 Å². The fourth-order valence-electron chi connectivity index (χ4n) is 23.1. The molecule has 0 saturated heterocycles. The Morgan fingerprint density at radius 3 is 1.18 bits per heavy atom. The van der Waals surface area contributed by atoms with Crippen LogP contribution < -0.4 is 18.9 Å². The van der Waals surface area contributed by atoms with Crippen LogP contribution in [0.2, 0.25) is 0 Å². The van der Waals surface area contributed by atoms with Gasteiger partial charge >= 0.3 is 0 Å². The molecule has 5 aliphatic rings. The normalized spacial score (nSPS) is 17.6. The summed E-state index contributed by atoms with van der Waals surface area (Å²) in [5, 5.41) is 11.0. The van der Waals surface area contributed by atoms with Crippen LogP contribution in [0.5, 0.6) is 23.0 Å². The Morgan fingerprint density at radius 1 is 0.389 bits per heavy atom. The topological polar surface area (TPSA) is 36.9 Å². The first-order valence-electron chi connectivity index (χ1n) is 54.9. The standard InChI is InChI=1S/C29H50.C24H24.C16H23.C16H17.C14H14O2.C12H12.2C9H11.C8H10O2.C6H6.2Y/c1-7-22-15-17-28(5)23(19-22)11-12-24-26-14-13-25(21(4)10-8-9-20(2)3)29(26,6)18-16-27(24)28;1-13-7-19-20(8-14(13)2)22-10-16(4)18(6)12-24(22)23-11-17(5)15(3)9-21(19)23;2*1-12-9-10-16(14(3)13(12)2)11-15-7-5-4-6-8-15;1-15-13-7-3-11(4-8-13)12-5-9-14(16-2)10-6-12;1-9-3-5-12-8-10(2)4-6-11(12)7-9;2*1-7-5-4-6-8(2)9(7)3;1-9-7-3-5-8(10-2)6-4-7;1-3-5-6-4-2;;/h11,20-22,24-27H,7-10,12-19H2,1-6H3;7-12H,1-6H3;4,9-10,15H,5-8,11H2,1-3H3;5-10H,11H2,1-3H3;3-10H,1-2H3;3-8H,1-2H3;2*4-5H,1-3H3;3-6H,1-2H3;1-2H3;;/q;;2*-1;;;2*-1;;;;. The smallest absolute Gasteiger partial charge is 0.119 e. The van der Waals surface area contributed by atoms with E-state index < -0.39 is 0 Å². The van der Waals surface area contributed by atoms with Crippen molar-refractivity contribution in [2.45, 2.75) is 309 Å². The van der Waals surface area contributed by atoms with Crippen LogP contribution in [0, 0.1) is 245 Å². The van der Waals surface area contributed by atoms with E-state index in [2.05, 4.69) is 356 Å². The van der Waals surface area contributed by atoms with Crippen molar-refractivity contribution in [2.24, 2.45) is 58.2 Å². The Bertz CT molecular complexity index is 6290. The monoisotopic (exact) mass is 2140 g/mol. The average molecular weight is 2140 g/mol. The molecule has 149 heavy (non-hydrogen) atoms. The van der Waals surface area contributed by atoms with Crippen LogP contribution in [-0.4, -0.2) is 28.4 Å². The Morgan fingerprint density at radius 2 is 0.792 bits per heavy atom. The summed E-state index contributed by atoms with van der Waals surface area (Å²) in [5.74, 6) is 21.6. The summed E-state index contributed by atoms with van der Waals surface area (Å²) in [6.45, 7) is 62.3. The summed E-state index contributed by atoms with van der Waals surface area (Å²) >= 11 is 0. The number of methoxy groups -OCH3 is 4. The van der Waals surface area contributed by atoms with E-state index in [9.17, 15) is 0 Å². The van der Waals surface area contributed by atoms with Crippen LogP contribution in [0.1, 0.15) is 286 Å². The Hall–Kier alpha value is -9.61. The van der Waals surface area contributed by atoms with Gasteiger partial charge < -0.3 is 25.4 Å². The maximum Gasteiger partial charge on any atom is 0.119 e. The van der Waals surface area contributed by atoms with Crippen molar-refractivity contribution in [1.82, 2.24) is 0 Å². The number of allylic oxidation sites excluding steroid dienone is 2. The van der Waals surface area contributed by atoms with E-state index in [0.29, 0.717) is 10.8 Å². The molecule has 8 unspecified atom stereocenters. The SMILES string of the molecule is CC#CC#CC.CCC1CCC2(C)C(=CCC3C2CCC2(C)C(C(C)CCCC(C)C)CCC32)C1.COc1ccc(-c2ccc(OC)cc2)cc1.COc1ccc(OC)cc1.Cc1[c-]ccc(C)c1C.Cc1[c-]ccc(C)c1C.Cc1cc2c3cc(C)c(C)cc3c3cc(C)c(C)cc3c2cc1C.Cc1ccc(CC2CC[CH-]CC2)c(C)c1C.Cc1ccc(Cc2cc[c-]cc2)c(C)c1C.Cc1ccc2cc(C)ccc2c1.[Y].[Y]. The third-order valence-electron chi connectivity index (χ3n) is 34.2. The Labute approximate surface area is 955 Å². The predicted molar refractivity (Wildman–Crippen MR) is 637 cm³/mol. The van der Waals surface area contributed by atoms with Crippen LogP contribution in [0.3, 0.4) is 0 Å². The van der Waals surface area contributed by atoms with E-state index in [0.717, 1.165) is 76.8 Å². The molecule has 0 aromatic heterocycles. The Balaban J connectivity index is 0.000000207. The summed E-state index contributed by atoms with van der Waals surface area (Å²) < 4.78 is 20.2. The minimum Gasteiger partial charge on any atom is -0.497 e. The van der Waals surface area contributed by atoms with Gasteiger partial charge in [0.05, 0.1) is 28.4 Å². The molecule has 14 aromatic carbocycles. The van der Waals surface area contributed by atoms with Gasteiger partial charge in [-0.05, 0) is 426 Å². The largest absolute Gasteiger partial charge is 0.497 e. The molecule has 4 saturated carbocycles. The van der Waals surface area contributed by atoms with Crippen molar-refractivity contribution in [2.75, 3.05) is 28.4 Å². The molecule has 0 heterocycles. The van der Waals surface area contributed by atoms with Crippen molar-refractivity contribution >= 4 is 43.1 Å². The molecule has 6 heteroatoms. The van der Waals surface area contributed by atoms with Gasteiger partial charge in [-0.25, -0.2) is 0 Å². The van der Waals surface area contributed by atoms with Crippen LogP contribution >= 0.6 is 0 Å². The van der Waals surface area contributed by atoms with Crippen molar-refractivity contribution in [3.8, 4) is 57.8 Å². The molecule has 8 atom stereocenters. The quantitative estimate of drug-likeness (QED) is 0.0444. The minimum atomic E-state index is 0. The fraction of sp³-hybridized carbons (Fsp3) is 0.420. The first-order valence-corrected chi connectivity index (χ1v) is 54.9. The third kappa shape index (κ3) is 34.4. The van der Waals surface area contributed by atoms with Gasteiger partial charge in [-0.2, -0.15) is 119 Å². The molecule has 2 radical (unpaired) electrons. The summed E-state index contributed by atoms with van der Waals surface area (Å²) in [6.07, 6.45) is 30.6. The average Bonchev–Trinajstić information content (AvgIpc) is 1.61. The maximum atomic E-state index is 5.12. The zero-order chi connectivity index (χ0) is 107. The third-order valence-corrected chi connectivity index (χ3v) is 34.2. The summed E-state index contributed by atoms with van der Waals surface area (Å²) in [6, 6.07) is 85.5. The van der Waals surface area contributed by atoms with Gasteiger partial charge in [0.25, 0.3) is 0 Å². The number of hydrogen-bond acceptors (Lipinski definition) is 4. The molecule has 4 nitrogen and oxygen atoms in total. The predicted octanol–water partition coefficient (Wildman–Crippen LogP) is 39.0. The summed E-state index contributed by atoms with van der Waals surface area (Å²) in [4.78, 5) is 0. The van der Waals surface area contributed by atoms with Gasteiger partial charge in [-0.3, -0.25) is 0 Å². The number of rotatable bonds is 15. The molecule has 19 rings (SSSR count). The molecule has 0 aliphatic heterocycles. The van der Waals surface area contributed by atoms with E-state index in [-0.39, 0.29) is 65.4 Å². The zero-order valence-corrected chi connectivity index (χ0v) is 103. The number of benzene rings is 14. The summed E-state index contributed by atoms with van der Waals surface area (Å²) in [5.41, 5.74) is 37.2. The Kier molecular flexibility index (Phi) is 50.8. The molecule has 0 amide bonds. The molecule has 0 spiro atoms. The van der Waals surface area contributed by atoms with Gasteiger partial charge in [0.1, 0.15) is 23.0 Å². The van der Waals surface area contributed by atoms with Crippen LogP contribution in [-0.2, 0) is 78.3 Å². The van der Waals surface area contributed by atoms with Crippen LogP contribution in [0.15, 0.2) is 230 Å². The second-order valence-electron chi connectivity index (χ2n) is 44.2. The molecular weight excluding hydrogens is 1960 g/mol. The second-order valence-corrected chi connectivity index (χ2v) is 44.2. The molecule has 0 bridgehead atoms. The van der Waals surface area contributed by atoms with Gasteiger partial charge in [0.2, 0.25) is 0 Å². The molecule has 4 fully saturated rings. The molecule has 14 aromatic rings. The van der Waals surface area contributed by atoms with Gasteiger partial charge in [-0.1, -0.05) is 278 Å². The van der Waals surface area contributed by atoms with Crippen molar-refractivity contribution in [3.63, 3.8) is 0 Å².